The van der Waals surface area contributed by atoms with Gasteiger partial charge in [0, 0.05) is 34.1 Å². The lowest BCUT2D eigenvalue weighted by atomic mass is 9.80. The van der Waals surface area contributed by atoms with Gasteiger partial charge in [-0.15, -0.1) is 0 Å². The van der Waals surface area contributed by atoms with Crippen LogP contribution in [-0.4, -0.2) is 0 Å². The number of hydrogen-bond acceptors (Lipinski definition) is 2. The molecule has 12 rings (SSSR count). The van der Waals surface area contributed by atoms with E-state index in [9.17, 15) is 0 Å². The molecule has 0 unspecified atom stereocenters. The molecule has 0 N–H and O–H groups in total. The Balaban J connectivity index is 1.15. The second-order valence-electron chi connectivity index (χ2n) is 17.8. The first-order valence-corrected chi connectivity index (χ1v) is 24.0. The van der Waals surface area contributed by atoms with Crippen molar-refractivity contribution in [3.05, 3.63) is 266 Å². The summed E-state index contributed by atoms with van der Waals surface area (Å²) in [5.41, 5.74) is 17.0. The van der Waals surface area contributed by atoms with Gasteiger partial charge in [0.1, 0.15) is 0 Å². The SMILES string of the molecule is C1=CCCC(c2cc(-c3ccccc3)c(-c3ccccc3)c3c4ccc(N(C5=CC=CCC5)c5ccccc5)cc4c4cc(-c5ccc(N(c6ccccc6)c6ccccc6)cc5)ccc4c23)=C1. The number of nitrogens with zero attached hydrogens (tertiary/aromatic N) is 2. The van der Waals surface area contributed by atoms with Crippen molar-refractivity contribution in [3.63, 3.8) is 0 Å². The first kappa shape index (κ1) is 41.0. The van der Waals surface area contributed by atoms with Gasteiger partial charge in [-0.1, -0.05) is 176 Å². The number of benzene rings is 10. The standard InChI is InChI=1S/C66H50N2/c1-8-22-48(23-9-1)60-46-61(49-24-10-2-11-25-49)65-58-42-38-51(47-36-39-56(40-37-47)67(52-28-14-4-15-29-52)53-30-16-5-17-31-53)44-62(58)63-45-57(41-43-59(63)66(65)64(60)50-26-12-3-13-27-50)68(54-32-18-6-19-33-54)55-34-20-7-21-35-55/h1-10,12-20,22-24,26-34,36-46H,11,21,25,35H2. The van der Waals surface area contributed by atoms with E-state index in [-0.39, 0.29) is 0 Å². The van der Waals surface area contributed by atoms with Crippen LogP contribution in [0.25, 0.3) is 71.3 Å². The summed E-state index contributed by atoms with van der Waals surface area (Å²) in [6.07, 6.45) is 17.7. The lowest BCUT2D eigenvalue weighted by molar-refractivity contribution is 0.918. The fraction of sp³-hybridized carbons (Fsp3) is 0.0606. The van der Waals surface area contributed by atoms with E-state index in [1.807, 2.05) is 0 Å². The quantitative estimate of drug-likeness (QED) is 0.126. The van der Waals surface area contributed by atoms with E-state index in [2.05, 4.69) is 265 Å². The van der Waals surface area contributed by atoms with E-state index in [1.54, 1.807) is 0 Å². The van der Waals surface area contributed by atoms with E-state index in [0.717, 1.165) is 54.1 Å². The topological polar surface area (TPSA) is 6.48 Å². The van der Waals surface area contributed by atoms with Crippen molar-refractivity contribution in [1.82, 2.24) is 0 Å². The molecule has 0 saturated carbocycles. The summed E-state index contributed by atoms with van der Waals surface area (Å²) in [7, 11) is 0. The van der Waals surface area contributed by atoms with E-state index >= 15 is 0 Å². The van der Waals surface area contributed by atoms with Crippen molar-refractivity contribution in [1.29, 1.82) is 0 Å². The third kappa shape index (κ3) is 7.60. The van der Waals surface area contributed by atoms with Gasteiger partial charge in [-0.2, -0.15) is 0 Å². The van der Waals surface area contributed by atoms with Crippen LogP contribution in [0.4, 0.5) is 28.4 Å². The average Bonchev–Trinajstić information content (AvgIpc) is 3.42. The van der Waals surface area contributed by atoms with Gasteiger partial charge < -0.3 is 9.80 Å². The van der Waals surface area contributed by atoms with Gasteiger partial charge in [-0.05, 0) is 181 Å². The predicted octanol–water partition coefficient (Wildman–Crippen LogP) is 18.7. The predicted molar refractivity (Wildman–Crippen MR) is 291 cm³/mol. The first-order valence-electron chi connectivity index (χ1n) is 24.0. The van der Waals surface area contributed by atoms with E-state index in [0.29, 0.717) is 0 Å². The van der Waals surface area contributed by atoms with Crippen LogP contribution in [0.15, 0.2) is 261 Å². The Hall–Kier alpha value is -8.46. The third-order valence-corrected chi connectivity index (χ3v) is 13.7. The molecule has 2 aliphatic rings. The van der Waals surface area contributed by atoms with E-state index in [4.69, 9.17) is 0 Å². The molecule has 10 aromatic carbocycles. The summed E-state index contributed by atoms with van der Waals surface area (Å²) in [5.74, 6) is 0. The number of fused-ring (bicyclic) bond motifs is 6. The Morgan fingerprint density at radius 2 is 0.809 bits per heavy atom. The summed E-state index contributed by atoms with van der Waals surface area (Å²) >= 11 is 0. The Labute approximate surface area is 399 Å². The number of anilines is 5. The molecule has 0 amide bonds. The van der Waals surface area contributed by atoms with Gasteiger partial charge in [0.25, 0.3) is 0 Å². The number of allylic oxidation sites excluding steroid dienone is 8. The molecule has 0 atom stereocenters. The highest BCUT2D eigenvalue weighted by atomic mass is 15.2. The van der Waals surface area contributed by atoms with Gasteiger partial charge in [0.2, 0.25) is 0 Å². The number of rotatable bonds is 10. The van der Waals surface area contributed by atoms with Gasteiger partial charge in [-0.25, -0.2) is 0 Å². The molecular weight excluding hydrogens is 821 g/mol. The summed E-state index contributed by atoms with van der Waals surface area (Å²) in [5, 5.41) is 7.60. The van der Waals surface area contributed by atoms with Gasteiger partial charge in [0.05, 0.1) is 0 Å². The third-order valence-electron chi connectivity index (χ3n) is 13.7. The maximum atomic E-state index is 2.50. The fourth-order valence-electron chi connectivity index (χ4n) is 10.6. The second kappa shape index (κ2) is 18.1. The van der Waals surface area contributed by atoms with Crippen molar-refractivity contribution in [2.75, 3.05) is 9.80 Å². The van der Waals surface area contributed by atoms with Crippen molar-refractivity contribution < 1.29 is 0 Å². The Morgan fingerprint density at radius 3 is 1.41 bits per heavy atom. The molecule has 324 valence electrons. The molecule has 0 saturated heterocycles. The summed E-state index contributed by atoms with van der Waals surface area (Å²) < 4.78 is 0. The minimum Gasteiger partial charge on any atom is -0.314 e. The zero-order valence-corrected chi connectivity index (χ0v) is 38.0. The van der Waals surface area contributed by atoms with Crippen LogP contribution in [0.2, 0.25) is 0 Å². The van der Waals surface area contributed by atoms with Crippen LogP contribution >= 0.6 is 0 Å². The maximum absolute atomic E-state index is 2.50. The average molecular weight is 871 g/mol. The van der Waals surface area contributed by atoms with Crippen LogP contribution in [0.1, 0.15) is 31.2 Å². The van der Waals surface area contributed by atoms with Gasteiger partial charge in [0.15, 0.2) is 0 Å². The molecule has 0 fully saturated rings. The summed E-state index contributed by atoms with van der Waals surface area (Å²) in [6, 6.07) is 80.3. The van der Waals surface area contributed by atoms with Crippen LogP contribution in [0.5, 0.6) is 0 Å². The lowest BCUT2D eigenvalue weighted by Gasteiger charge is -2.29. The van der Waals surface area contributed by atoms with Crippen LogP contribution < -0.4 is 9.80 Å². The molecule has 0 aromatic heterocycles. The van der Waals surface area contributed by atoms with E-state index in [1.165, 1.54) is 82.5 Å². The summed E-state index contributed by atoms with van der Waals surface area (Å²) in [6.45, 7) is 0. The fourth-order valence-corrected chi connectivity index (χ4v) is 10.6. The highest BCUT2D eigenvalue weighted by Gasteiger charge is 2.24. The van der Waals surface area contributed by atoms with Crippen LogP contribution in [0.3, 0.4) is 0 Å². The molecule has 68 heavy (non-hydrogen) atoms. The van der Waals surface area contributed by atoms with Crippen LogP contribution in [-0.2, 0) is 0 Å². The van der Waals surface area contributed by atoms with Crippen molar-refractivity contribution in [2.45, 2.75) is 25.7 Å². The Morgan fingerprint density at radius 1 is 0.309 bits per heavy atom. The number of para-hydroxylation sites is 3. The van der Waals surface area contributed by atoms with E-state index < -0.39 is 0 Å². The Kier molecular flexibility index (Phi) is 10.9. The Bertz CT molecular complexity index is 3530. The normalized spacial score (nSPS) is 13.4. The van der Waals surface area contributed by atoms with Crippen LogP contribution in [0, 0.1) is 0 Å². The number of hydrogen-bond donors (Lipinski definition) is 0. The molecular formula is C66H50N2. The zero-order chi connectivity index (χ0) is 45.2. The highest BCUT2D eigenvalue weighted by Crippen LogP contribution is 2.50. The molecule has 0 bridgehead atoms. The molecule has 10 aromatic rings. The zero-order valence-electron chi connectivity index (χ0n) is 38.0. The van der Waals surface area contributed by atoms with Crippen molar-refractivity contribution in [3.8, 4) is 33.4 Å². The van der Waals surface area contributed by atoms with Gasteiger partial charge >= 0.3 is 0 Å². The second-order valence-corrected chi connectivity index (χ2v) is 17.8. The molecule has 0 spiro atoms. The summed E-state index contributed by atoms with van der Waals surface area (Å²) in [4.78, 5) is 4.79. The molecule has 0 heterocycles. The first-order chi connectivity index (χ1) is 33.8. The monoisotopic (exact) mass is 870 g/mol. The highest BCUT2D eigenvalue weighted by molar-refractivity contribution is 6.32. The van der Waals surface area contributed by atoms with Crippen molar-refractivity contribution >= 4 is 66.3 Å². The largest absolute Gasteiger partial charge is 0.314 e. The minimum absolute atomic E-state index is 0.972. The minimum atomic E-state index is 0.972. The van der Waals surface area contributed by atoms with Gasteiger partial charge in [-0.3, -0.25) is 0 Å². The molecule has 2 nitrogen and oxygen atoms in total. The lowest BCUT2D eigenvalue weighted by Crippen LogP contribution is -2.17. The maximum Gasteiger partial charge on any atom is 0.0465 e. The smallest absolute Gasteiger partial charge is 0.0465 e. The molecule has 2 aliphatic carbocycles. The molecule has 2 heteroatoms. The molecule has 0 aliphatic heterocycles. The van der Waals surface area contributed by atoms with Crippen molar-refractivity contribution in [2.24, 2.45) is 0 Å². The molecule has 0 radical (unpaired) electrons.